The van der Waals surface area contributed by atoms with Crippen LogP contribution < -0.4 is 0 Å². The molecule has 3 aromatic rings. The number of halogens is 1. The number of hydrogen-bond donors (Lipinski definition) is 1. The van der Waals surface area contributed by atoms with Gasteiger partial charge in [-0.1, -0.05) is 0 Å². The molecule has 0 saturated carbocycles. The molecule has 1 aliphatic rings. The van der Waals surface area contributed by atoms with Crippen LogP contribution >= 0.6 is 0 Å². The van der Waals surface area contributed by atoms with Gasteiger partial charge in [0.25, 0.3) is 5.91 Å². The smallest absolute Gasteiger partial charge is 0.338 e. The predicted octanol–water partition coefficient (Wildman–Crippen LogP) is 3.25. The highest BCUT2D eigenvalue weighted by Gasteiger charge is 2.28. The fourth-order valence-electron chi connectivity index (χ4n) is 3.52. The zero-order valence-electron chi connectivity index (χ0n) is 14.7. The van der Waals surface area contributed by atoms with E-state index in [1.807, 2.05) is 0 Å². The van der Waals surface area contributed by atoms with Crippen molar-refractivity contribution in [3.8, 4) is 0 Å². The summed E-state index contributed by atoms with van der Waals surface area (Å²) in [5.41, 5.74) is 1.28. The lowest BCUT2D eigenvalue weighted by Crippen LogP contribution is -2.39. The average Bonchev–Trinajstić information content (AvgIpc) is 3.27. The molecule has 1 aromatic carbocycles. The minimum atomic E-state index is -1.01. The van der Waals surface area contributed by atoms with Crippen LogP contribution in [0, 0.1) is 12.7 Å². The summed E-state index contributed by atoms with van der Waals surface area (Å²) in [6.45, 7) is 2.77. The lowest BCUT2D eigenvalue weighted by atomic mass is 10.0. The van der Waals surface area contributed by atoms with Crippen molar-refractivity contribution in [1.82, 2.24) is 14.7 Å². The fourth-order valence-corrected chi connectivity index (χ4v) is 3.52. The summed E-state index contributed by atoms with van der Waals surface area (Å²) in [5.74, 6) is -1.35. The van der Waals surface area contributed by atoms with Crippen molar-refractivity contribution < 1.29 is 23.5 Å². The average molecular weight is 371 g/mol. The van der Waals surface area contributed by atoms with E-state index in [1.54, 1.807) is 16.5 Å². The van der Waals surface area contributed by atoms with E-state index in [9.17, 15) is 14.0 Å². The largest absolute Gasteiger partial charge is 0.478 e. The maximum Gasteiger partial charge on any atom is 0.338 e. The number of amides is 1. The Morgan fingerprint density at radius 1 is 1.30 bits per heavy atom. The van der Waals surface area contributed by atoms with Crippen molar-refractivity contribution in [2.24, 2.45) is 0 Å². The third-order valence-electron chi connectivity index (χ3n) is 5.07. The Morgan fingerprint density at radius 3 is 2.70 bits per heavy atom. The molecule has 0 aliphatic carbocycles. The van der Waals surface area contributed by atoms with Gasteiger partial charge in [0, 0.05) is 30.2 Å². The van der Waals surface area contributed by atoms with Gasteiger partial charge >= 0.3 is 5.97 Å². The maximum absolute atomic E-state index is 13.5. The van der Waals surface area contributed by atoms with E-state index >= 15 is 0 Å². The van der Waals surface area contributed by atoms with Crippen LogP contribution in [0.4, 0.5) is 4.39 Å². The molecule has 0 bridgehead atoms. The van der Waals surface area contributed by atoms with Gasteiger partial charge in [-0.25, -0.2) is 9.18 Å². The second-order valence-corrected chi connectivity index (χ2v) is 6.73. The number of hydrogen-bond acceptors (Lipinski definition) is 4. The zero-order valence-corrected chi connectivity index (χ0v) is 14.7. The first kappa shape index (κ1) is 17.3. The number of carboxylic acid groups (broad SMARTS) is 1. The number of rotatable bonds is 3. The molecule has 7 nitrogen and oxygen atoms in total. The summed E-state index contributed by atoms with van der Waals surface area (Å²) in [6, 6.07) is 4.25. The molecule has 27 heavy (non-hydrogen) atoms. The van der Waals surface area contributed by atoms with Gasteiger partial charge in [-0.2, -0.15) is 5.10 Å². The Bertz CT molecular complexity index is 1030. The third-order valence-corrected chi connectivity index (χ3v) is 5.07. The molecular formula is C19H18FN3O4. The Morgan fingerprint density at radius 2 is 2.04 bits per heavy atom. The van der Waals surface area contributed by atoms with Crippen LogP contribution in [0.5, 0.6) is 0 Å². The first-order chi connectivity index (χ1) is 12.9. The molecule has 0 spiro atoms. The summed E-state index contributed by atoms with van der Waals surface area (Å²) < 4.78 is 20.8. The van der Waals surface area contributed by atoms with Crippen molar-refractivity contribution >= 4 is 22.8 Å². The van der Waals surface area contributed by atoms with Gasteiger partial charge in [-0.3, -0.25) is 9.48 Å². The van der Waals surface area contributed by atoms with Gasteiger partial charge in [-0.15, -0.1) is 0 Å². The zero-order chi connectivity index (χ0) is 19.1. The summed E-state index contributed by atoms with van der Waals surface area (Å²) in [7, 11) is 0. The van der Waals surface area contributed by atoms with Gasteiger partial charge in [0.2, 0.25) is 0 Å². The molecule has 1 N–H and O–H groups in total. The van der Waals surface area contributed by atoms with Gasteiger partial charge in [0.15, 0.2) is 5.76 Å². The summed E-state index contributed by atoms with van der Waals surface area (Å²) in [6.07, 6.45) is 4.18. The molecule has 0 unspecified atom stereocenters. The van der Waals surface area contributed by atoms with Gasteiger partial charge in [-0.05, 0) is 38.0 Å². The van der Waals surface area contributed by atoms with E-state index in [1.165, 1.54) is 30.6 Å². The molecular weight excluding hydrogens is 353 g/mol. The maximum atomic E-state index is 13.5. The molecule has 140 valence electrons. The van der Waals surface area contributed by atoms with Gasteiger partial charge in [0.05, 0.1) is 17.8 Å². The number of likely N-dealkylation sites (tertiary alicyclic amines) is 1. The van der Waals surface area contributed by atoms with Crippen molar-refractivity contribution in [2.45, 2.75) is 25.8 Å². The Balaban J connectivity index is 1.48. The number of furan rings is 1. The second-order valence-electron chi connectivity index (χ2n) is 6.73. The number of aryl methyl sites for hydroxylation is 1. The van der Waals surface area contributed by atoms with E-state index in [-0.39, 0.29) is 29.1 Å². The van der Waals surface area contributed by atoms with Gasteiger partial charge in [0.1, 0.15) is 11.4 Å². The molecule has 0 atom stereocenters. The SMILES string of the molecule is Cc1c(C(=O)N2CCC(n3cc(C(=O)O)cn3)CC2)oc2ccc(F)cc12. The summed E-state index contributed by atoms with van der Waals surface area (Å²) >= 11 is 0. The van der Waals surface area contributed by atoms with E-state index in [0.717, 1.165) is 0 Å². The highest BCUT2D eigenvalue weighted by molar-refractivity contribution is 5.99. The summed E-state index contributed by atoms with van der Waals surface area (Å²) in [4.78, 5) is 25.5. The normalized spacial score (nSPS) is 15.4. The quantitative estimate of drug-likeness (QED) is 0.763. The third kappa shape index (κ3) is 3.07. The summed E-state index contributed by atoms with van der Waals surface area (Å²) in [5, 5.41) is 13.7. The van der Waals surface area contributed by atoms with E-state index in [2.05, 4.69) is 5.10 Å². The lowest BCUT2D eigenvalue weighted by molar-refractivity contribution is 0.0659. The van der Waals surface area contributed by atoms with Crippen LogP contribution in [0.2, 0.25) is 0 Å². The number of aromatic carboxylic acids is 1. The van der Waals surface area contributed by atoms with Crippen LogP contribution in [-0.2, 0) is 0 Å². The Labute approximate surface area is 154 Å². The van der Waals surface area contributed by atoms with Crippen molar-refractivity contribution in [3.05, 3.63) is 53.3 Å². The van der Waals surface area contributed by atoms with Crippen molar-refractivity contribution in [1.29, 1.82) is 0 Å². The van der Waals surface area contributed by atoms with Crippen LogP contribution in [0.25, 0.3) is 11.0 Å². The fraction of sp³-hybridized carbons (Fsp3) is 0.316. The minimum absolute atomic E-state index is 0.0491. The van der Waals surface area contributed by atoms with Crippen LogP contribution in [0.15, 0.2) is 35.0 Å². The number of benzene rings is 1. The highest BCUT2D eigenvalue weighted by atomic mass is 19.1. The molecule has 8 heteroatoms. The number of fused-ring (bicyclic) bond motifs is 1. The van der Waals surface area contributed by atoms with Crippen molar-refractivity contribution in [3.63, 3.8) is 0 Å². The standard InChI is InChI=1S/C19H18FN3O4/c1-11-15-8-13(20)2-3-16(15)27-17(11)18(24)22-6-4-14(5-7-22)23-10-12(9-21-23)19(25)26/h2-3,8-10,14H,4-7H2,1H3,(H,25,26). The van der Waals surface area contributed by atoms with Crippen LogP contribution in [0.1, 0.15) is 45.4 Å². The molecule has 4 rings (SSSR count). The number of carbonyl (C=O) groups is 2. The van der Waals surface area contributed by atoms with Crippen molar-refractivity contribution in [2.75, 3.05) is 13.1 Å². The first-order valence-corrected chi connectivity index (χ1v) is 8.69. The minimum Gasteiger partial charge on any atom is -0.478 e. The predicted molar refractivity (Wildman–Crippen MR) is 94.3 cm³/mol. The number of nitrogens with zero attached hydrogens (tertiary/aromatic N) is 3. The van der Waals surface area contributed by atoms with E-state index < -0.39 is 5.97 Å². The van der Waals surface area contributed by atoms with Crippen LogP contribution in [-0.4, -0.2) is 44.8 Å². The Hall–Kier alpha value is -3.16. The highest BCUT2D eigenvalue weighted by Crippen LogP contribution is 2.29. The lowest BCUT2D eigenvalue weighted by Gasteiger charge is -2.31. The first-order valence-electron chi connectivity index (χ1n) is 8.69. The molecule has 3 heterocycles. The molecule has 1 saturated heterocycles. The molecule has 1 aliphatic heterocycles. The van der Waals surface area contributed by atoms with E-state index in [0.29, 0.717) is 42.5 Å². The van der Waals surface area contributed by atoms with Crippen LogP contribution in [0.3, 0.4) is 0 Å². The second kappa shape index (κ2) is 6.53. The topological polar surface area (TPSA) is 88.6 Å². The molecule has 2 aromatic heterocycles. The van der Waals surface area contributed by atoms with Gasteiger partial charge < -0.3 is 14.4 Å². The monoisotopic (exact) mass is 371 g/mol. The van der Waals surface area contributed by atoms with E-state index in [4.69, 9.17) is 9.52 Å². The number of piperidine rings is 1. The number of aromatic nitrogens is 2. The number of carbonyl (C=O) groups excluding carboxylic acids is 1. The number of carboxylic acids is 1. The Kier molecular flexibility index (Phi) is 4.18. The molecule has 1 fully saturated rings. The molecule has 1 amide bonds. The molecule has 0 radical (unpaired) electrons.